The Balaban J connectivity index is 1.78. The van der Waals surface area contributed by atoms with Gasteiger partial charge in [-0.05, 0) is 43.0 Å². The van der Waals surface area contributed by atoms with Gasteiger partial charge >= 0.3 is 5.97 Å². The summed E-state index contributed by atoms with van der Waals surface area (Å²) < 4.78 is 19.2. The van der Waals surface area contributed by atoms with Gasteiger partial charge in [-0.15, -0.1) is 0 Å². The van der Waals surface area contributed by atoms with Crippen molar-refractivity contribution in [2.45, 2.75) is 38.0 Å². The van der Waals surface area contributed by atoms with Gasteiger partial charge < -0.3 is 9.84 Å². The molecular weight excluding hydrogens is 261 g/mol. The number of aromatic carboxylic acids is 1. The summed E-state index contributed by atoms with van der Waals surface area (Å²) in [5.74, 6) is -1.58. The Morgan fingerprint density at radius 1 is 1.40 bits per heavy atom. The standard InChI is InChI=1S/C15H18FNO3/c16-12-7-10(6-11(8-12)15(18)19)9-17-4-5-20-14-3-1-2-13(14)17/h6-8,13-14H,1-5,9H2,(H,18,19). The third kappa shape index (κ3) is 2.69. The number of carboxylic acid groups (broad SMARTS) is 1. The van der Waals surface area contributed by atoms with Crippen molar-refractivity contribution in [3.63, 3.8) is 0 Å². The van der Waals surface area contributed by atoms with Gasteiger partial charge in [0.15, 0.2) is 0 Å². The van der Waals surface area contributed by atoms with Crippen molar-refractivity contribution < 1.29 is 19.0 Å². The molecule has 2 unspecified atom stereocenters. The second kappa shape index (κ2) is 5.50. The molecule has 0 bridgehead atoms. The number of hydrogen-bond acceptors (Lipinski definition) is 3. The molecule has 0 radical (unpaired) electrons. The zero-order valence-electron chi connectivity index (χ0n) is 11.2. The van der Waals surface area contributed by atoms with Crippen LogP contribution in [0.15, 0.2) is 18.2 Å². The lowest BCUT2D eigenvalue weighted by Crippen LogP contribution is -2.47. The van der Waals surface area contributed by atoms with Crippen molar-refractivity contribution in [2.24, 2.45) is 0 Å². The second-order valence-corrected chi connectivity index (χ2v) is 5.53. The number of nitrogens with zero attached hydrogens (tertiary/aromatic N) is 1. The average molecular weight is 279 g/mol. The first kappa shape index (κ1) is 13.5. The van der Waals surface area contributed by atoms with Crippen LogP contribution >= 0.6 is 0 Å². The van der Waals surface area contributed by atoms with Gasteiger partial charge in [-0.2, -0.15) is 0 Å². The van der Waals surface area contributed by atoms with Crippen LogP contribution in [0.5, 0.6) is 0 Å². The summed E-state index contributed by atoms with van der Waals surface area (Å²) in [4.78, 5) is 13.3. The van der Waals surface area contributed by atoms with Gasteiger partial charge in [0.25, 0.3) is 0 Å². The van der Waals surface area contributed by atoms with Gasteiger partial charge in [0.1, 0.15) is 5.82 Å². The molecule has 1 N–H and O–H groups in total. The summed E-state index contributed by atoms with van der Waals surface area (Å²) in [5, 5.41) is 8.99. The highest BCUT2D eigenvalue weighted by Gasteiger charge is 2.35. The number of fused-ring (bicyclic) bond motifs is 1. The van der Waals surface area contributed by atoms with Crippen molar-refractivity contribution >= 4 is 5.97 Å². The van der Waals surface area contributed by atoms with Crippen LogP contribution < -0.4 is 0 Å². The van der Waals surface area contributed by atoms with Crippen molar-refractivity contribution in [3.05, 3.63) is 35.1 Å². The first-order valence-electron chi connectivity index (χ1n) is 7.02. The summed E-state index contributed by atoms with van der Waals surface area (Å²) in [7, 11) is 0. The summed E-state index contributed by atoms with van der Waals surface area (Å²) in [6.45, 7) is 2.10. The third-order valence-corrected chi connectivity index (χ3v) is 4.19. The highest BCUT2D eigenvalue weighted by molar-refractivity contribution is 5.87. The molecule has 2 aliphatic rings. The number of carbonyl (C=O) groups is 1. The smallest absolute Gasteiger partial charge is 0.335 e. The fraction of sp³-hybridized carbons (Fsp3) is 0.533. The van der Waals surface area contributed by atoms with E-state index in [0.717, 1.165) is 37.4 Å². The maximum Gasteiger partial charge on any atom is 0.335 e. The zero-order chi connectivity index (χ0) is 14.1. The van der Waals surface area contributed by atoms with Crippen LogP contribution in [0.4, 0.5) is 4.39 Å². The molecule has 0 amide bonds. The highest BCUT2D eigenvalue weighted by atomic mass is 19.1. The maximum absolute atomic E-state index is 13.5. The number of ether oxygens (including phenoxy) is 1. The molecule has 1 aromatic carbocycles. The molecule has 4 nitrogen and oxygen atoms in total. The molecule has 1 aliphatic carbocycles. The van der Waals surface area contributed by atoms with Crippen LogP contribution in [0.2, 0.25) is 0 Å². The van der Waals surface area contributed by atoms with Crippen molar-refractivity contribution in [1.82, 2.24) is 4.90 Å². The van der Waals surface area contributed by atoms with E-state index in [4.69, 9.17) is 9.84 Å². The SMILES string of the molecule is O=C(O)c1cc(F)cc(CN2CCOC3CCCC32)c1. The van der Waals surface area contributed by atoms with Crippen LogP contribution in [-0.4, -0.2) is 41.3 Å². The van der Waals surface area contributed by atoms with Gasteiger partial charge in [-0.25, -0.2) is 9.18 Å². The number of benzene rings is 1. The van der Waals surface area contributed by atoms with E-state index in [0.29, 0.717) is 19.2 Å². The number of hydrogen-bond donors (Lipinski definition) is 1. The molecule has 1 heterocycles. The molecule has 1 aliphatic heterocycles. The topological polar surface area (TPSA) is 49.8 Å². The molecular formula is C15H18FNO3. The van der Waals surface area contributed by atoms with Crippen molar-refractivity contribution in [3.8, 4) is 0 Å². The van der Waals surface area contributed by atoms with Gasteiger partial charge in [-0.3, -0.25) is 4.90 Å². The van der Waals surface area contributed by atoms with E-state index >= 15 is 0 Å². The molecule has 0 spiro atoms. The predicted molar refractivity (Wildman–Crippen MR) is 71.1 cm³/mol. The molecule has 1 aromatic rings. The van der Waals surface area contributed by atoms with Crippen molar-refractivity contribution in [1.29, 1.82) is 0 Å². The summed E-state index contributed by atoms with van der Waals surface area (Å²) in [6, 6.07) is 4.43. The highest BCUT2D eigenvalue weighted by Crippen LogP contribution is 2.30. The Morgan fingerprint density at radius 3 is 3.05 bits per heavy atom. The molecule has 5 heteroatoms. The Kier molecular flexibility index (Phi) is 3.72. The largest absolute Gasteiger partial charge is 0.478 e. The maximum atomic E-state index is 13.5. The third-order valence-electron chi connectivity index (χ3n) is 4.19. The minimum absolute atomic E-state index is 0.0104. The molecule has 108 valence electrons. The predicted octanol–water partition coefficient (Wildman–Crippen LogP) is 2.28. The fourth-order valence-electron chi connectivity index (χ4n) is 3.30. The first-order chi connectivity index (χ1) is 9.63. The van der Waals surface area contributed by atoms with E-state index in [1.54, 1.807) is 6.07 Å². The average Bonchev–Trinajstić information content (AvgIpc) is 2.87. The van der Waals surface area contributed by atoms with E-state index < -0.39 is 11.8 Å². The summed E-state index contributed by atoms with van der Waals surface area (Å²) >= 11 is 0. The lowest BCUT2D eigenvalue weighted by atomic mass is 10.1. The quantitative estimate of drug-likeness (QED) is 0.922. The van der Waals surface area contributed by atoms with Crippen LogP contribution in [0.3, 0.4) is 0 Å². The Morgan fingerprint density at radius 2 is 2.25 bits per heavy atom. The monoisotopic (exact) mass is 279 g/mol. The minimum atomic E-state index is -1.09. The lowest BCUT2D eigenvalue weighted by molar-refractivity contribution is -0.0588. The molecule has 1 saturated heterocycles. The number of rotatable bonds is 3. The Bertz CT molecular complexity index is 520. The number of carboxylic acids is 1. The molecule has 1 saturated carbocycles. The van der Waals surface area contributed by atoms with Gasteiger partial charge in [0.2, 0.25) is 0 Å². The van der Waals surface area contributed by atoms with E-state index in [1.807, 2.05) is 0 Å². The molecule has 0 aromatic heterocycles. The zero-order valence-corrected chi connectivity index (χ0v) is 11.2. The van der Waals surface area contributed by atoms with E-state index in [1.165, 1.54) is 6.07 Å². The Labute approximate surface area is 117 Å². The molecule has 3 rings (SSSR count). The van der Waals surface area contributed by atoms with E-state index in [9.17, 15) is 9.18 Å². The number of morpholine rings is 1. The summed E-state index contributed by atoms with van der Waals surface area (Å²) in [5.41, 5.74) is 0.728. The fourth-order valence-corrected chi connectivity index (χ4v) is 3.30. The summed E-state index contributed by atoms with van der Waals surface area (Å²) in [6.07, 6.45) is 3.64. The Hall–Kier alpha value is -1.46. The van der Waals surface area contributed by atoms with Crippen LogP contribution in [0, 0.1) is 5.82 Å². The molecule has 20 heavy (non-hydrogen) atoms. The first-order valence-corrected chi connectivity index (χ1v) is 7.02. The second-order valence-electron chi connectivity index (χ2n) is 5.53. The van der Waals surface area contributed by atoms with Gasteiger partial charge in [0, 0.05) is 19.1 Å². The van der Waals surface area contributed by atoms with Crippen LogP contribution in [0.1, 0.15) is 35.2 Å². The van der Waals surface area contributed by atoms with Crippen LogP contribution in [-0.2, 0) is 11.3 Å². The minimum Gasteiger partial charge on any atom is -0.478 e. The van der Waals surface area contributed by atoms with E-state index in [-0.39, 0.29) is 11.7 Å². The van der Waals surface area contributed by atoms with Gasteiger partial charge in [0.05, 0.1) is 18.3 Å². The number of halogens is 1. The van der Waals surface area contributed by atoms with Crippen LogP contribution in [0.25, 0.3) is 0 Å². The molecule has 2 atom stereocenters. The molecule has 2 fully saturated rings. The van der Waals surface area contributed by atoms with Gasteiger partial charge in [-0.1, -0.05) is 0 Å². The van der Waals surface area contributed by atoms with E-state index in [2.05, 4.69) is 4.90 Å². The normalized spacial score (nSPS) is 26.4. The lowest BCUT2D eigenvalue weighted by Gasteiger charge is -2.37. The van der Waals surface area contributed by atoms with Crippen molar-refractivity contribution in [2.75, 3.05) is 13.2 Å².